The van der Waals surface area contributed by atoms with Crippen molar-refractivity contribution in [3.8, 4) is 0 Å². The molecule has 1 N–H and O–H groups in total. The summed E-state index contributed by atoms with van der Waals surface area (Å²) < 4.78 is 83.8. The first-order valence-electron chi connectivity index (χ1n) is 12.3. The summed E-state index contributed by atoms with van der Waals surface area (Å²) in [4.78, 5) is -0.116. The Kier molecular flexibility index (Phi) is 8.57. The summed E-state index contributed by atoms with van der Waals surface area (Å²) in [6.45, 7) is 2.50. The summed E-state index contributed by atoms with van der Waals surface area (Å²) in [7, 11) is -8.49. The second-order valence-corrected chi connectivity index (χ2v) is 13.0. The van der Waals surface area contributed by atoms with Gasteiger partial charge in [0.25, 0.3) is 20.0 Å². The van der Waals surface area contributed by atoms with Gasteiger partial charge in [0, 0.05) is 0 Å². The number of nitrogens with zero attached hydrogens (tertiary/aromatic N) is 2. The molecule has 40 heavy (non-hydrogen) atoms. The molecule has 0 amide bonds. The molecule has 0 unspecified atom stereocenters. The normalized spacial score (nSPS) is 11.9. The summed E-state index contributed by atoms with van der Waals surface area (Å²) >= 11 is 0. The number of hydrogen-bond donors (Lipinski definition) is 1. The number of benzene rings is 4. The van der Waals surface area contributed by atoms with E-state index < -0.39 is 50.9 Å². The first-order valence-corrected chi connectivity index (χ1v) is 15.1. The van der Waals surface area contributed by atoms with Crippen molar-refractivity contribution >= 4 is 31.4 Å². The molecular formula is C29H28F2N2O5S2. The number of sulfonamides is 2. The van der Waals surface area contributed by atoms with E-state index in [0.29, 0.717) is 0 Å². The lowest BCUT2D eigenvalue weighted by Gasteiger charge is -2.31. The number of aliphatic hydroxyl groups is 1. The van der Waals surface area contributed by atoms with Gasteiger partial charge < -0.3 is 5.11 Å². The average Bonchev–Trinajstić information content (AvgIpc) is 2.92. The Bertz CT molecular complexity index is 1530. The van der Waals surface area contributed by atoms with Crippen LogP contribution in [0.15, 0.2) is 107 Å². The van der Waals surface area contributed by atoms with Crippen LogP contribution < -0.4 is 8.61 Å². The third kappa shape index (κ3) is 6.49. The molecule has 7 nitrogen and oxygen atoms in total. The smallest absolute Gasteiger partial charge is 0.264 e. The predicted molar refractivity (Wildman–Crippen MR) is 150 cm³/mol. The third-order valence-corrected chi connectivity index (χ3v) is 9.82. The molecule has 11 heteroatoms. The highest BCUT2D eigenvalue weighted by Crippen LogP contribution is 2.28. The lowest BCUT2D eigenvalue weighted by atomic mass is 10.2. The highest BCUT2D eigenvalue weighted by atomic mass is 32.2. The average molecular weight is 587 g/mol. The molecular weight excluding hydrogens is 558 g/mol. The van der Waals surface area contributed by atoms with Crippen LogP contribution in [0.3, 0.4) is 0 Å². The van der Waals surface area contributed by atoms with E-state index >= 15 is 0 Å². The number of aryl methyl sites for hydroxylation is 2. The van der Waals surface area contributed by atoms with Gasteiger partial charge in [-0.25, -0.2) is 25.6 Å². The highest BCUT2D eigenvalue weighted by molar-refractivity contribution is 7.93. The minimum absolute atomic E-state index is 0.0581. The molecule has 0 aliphatic carbocycles. The van der Waals surface area contributed by atoms with Crippen LogP contribution in [0.5, 0.6) is 0 Å². The lowest BCUT2D eigenvalue weighted by molar-refractivity contribution is 0.193. The standard InChI is InChI=1S/C29H28F2N2O5S2/c1-21-3-15-28(16-4-21)39(35,36)32(25-11-7-23(30)8-12-25)19-27(34)20-33(26-13-9-24(31)10-14-26)40(37,38)29-17-5-22(2)6-18-29/h3-18,27,34H,19-20H2,1-2H3. The number of hydrogen-bond acceptors (Lipinski definition) is 5. The molecule has 0 aliphatic heterocycles. The molecule has 0 spiro atoms. The lowest BCUT2D eigenvalue weighted by Crippen LogP contribution is -2.44. The molecule has 0 bridgehead atoms. The molecule has 4 rings (SSSR count). The molecule has 0 saturated heterocycles. The van der Waals surface area contributed by atoms with Gasteiger partial charge in [0.05, 0.1) is 40.4 Å². The van der Waals surface area contributed by atoms with E-state index in [0.717, 1.165) is 44.0 Å². The van der Waals surface area contributed by atoms with Gasteiger partial charge >= 0.3 is 0 Å². The van der Waals surface area contributed by atoms with E-state index in [2.05, 4.69) is 0 Å². The van der Waals surface area contributed by atoms with Crippen molar-refractivity contribution in [3.63, 3.8) is 0 Å². The van der Waals surface area contributed by atoms with Gasteiger partial charge in [0.15, 0.2) is 0 Å². The predicted octanol–water partition coefficient (Wildman–Crippen LogP) is 5.03. The molecule has 0 aliphatic rings. The van der Waals surface area contributed by atoms with Gasteiger partial charge in [0.2, 0.25) is 0 Å². The highest BCUT2D eigenvalue weighted by Gasteiger charge is 2.31. The largest absolute Gasteiger partial charge is 0.389 e. The monoisotopic (exact) mass is 586 g/mol. The minimum Gasteiger partial charge on any atom is -0.389 e. The van der Waals surface area contributed by atoms with Gasteiger partial charge in [-0.1, -0.05) is 35.4 Å². The van der Waals surface area contributed by atoms with E-state index in [1.165, 1.54) is 48.5 Å². The van der Waals surface area contributed by atoms with E-state index in [1.807, 2.05) is 0 Å². The zero-order valence-electron chi connectivity index (χ0n) is 21.8. The third-order valence-electron chi connectivity index (χ3n) is 6.20. The van der Waals surface area contributed by atoms with Crippen molar-refractivity contribution in [2.45, 2.75) is 29.7 Å². The summed E-state index contributed by atoms with van der Waals surface area (Å²) in [5.41, 5.74) is 1.83. The van der Waals surface area contributed by atoms with Crippen LogP contribution in [-0.2, 0) is 20.0 Å². The molecule has 0 fully saturated rings. The minimum atomic E-state index is -4.24. The van der Waals surface area contributed by atoms with Crippen molar-refractivity contribution in [1.29, 1.82) is 0 Å². The first kappa shape index (κ1) is 29.2. The maximum Gasteiger partial charge on any atom is 0.264 e. The summed E-state index contributed by atoms with van der Waals surface area (Å²) in [6.07, 6.45) is -1.55. The zero-order chi connectivity index (χ0) is 29.1. The maximum atomic E-state index is 13.7. The van der Waals surface area contributed by atoms with Crippen LogP contribution in [0, 0.1) is 25.5 Å². The van der Waals surface area contributed by atoms with E-state index in [4.69, 9.17) is 0 Å². The second kappa shape index (κ2) is 11.7. The fraction of sp³-hybridized carbons (Fsp3) is 0.172. The Hall–Kier alpha value is -3.80. The summed E-state index contributed by atoms with van der Waals surface area (Å²) in [5.74, 6) is -1.16. The Labute approximate surface area is 233 Å². The van der Waals surface area contributed by atoms with Gasteiger partial charge in [-0.3, -0.25) is 8.61 Å². The molecule has 4 aromatic rings. The van der Waals surface area contributed by atoms with Gasteiger partial charge in [-0.15, -0.1) is 0 Å². The van der Waals surface area contributed by atoms with Crippen molar-refractivity contribution in [2.24, 2.45) is 0 Å². The van der Waals surface area contributed by atoms with E-state index in [1.54, 1.807) is 38.1 Å². The van der Waals surface area contributed by atoms with E-state index in [-0.39, 0.29) is 21.2 Å². The van der Waals surface area contributed by atoms with E-state index in [9.17, 15) is 30.7 Å². The Balaban J connectivity index is 1.72. The topological polar surface area (TPSA) is 95.0 Å². The van der Waals surface area contributed by atoms with Crippen LogP contribution in [0.4, 0.5) is 20.2 Å². The molecule has 0 radical (unpaired) electrons. The van der Waals surface area contributed by atoms with Crippen LogP contribution in [0.2, 0.25) is 0 Å². The van der Waals surface area contributed by atoms with Crippen molar-refractivity contribution < 1.29 is 30.7 Å². The second-order valence-electron chi connectivity index (χ2n) is 9.31. The van der Waals surface area contributed by atoms with Gasteiger partial charge in [-0.2, -0.15) is 0 Å². The van der Waals surface area contributed by atoms with Gasteiger partial charge in [0.1, 0.15) is 11.6 Å². The number of anilines is 2. The Morgan fingerprint density at radius 2 is 0.875 bits per heavy atom. The molecule has 0 aromatic heterocycles. The number of halogens is 2. The van der Waals surface area contributed by atoms with Crippen LogP contribution >= 0.6 is 0 Å². The van der Waals surface area contributed by atoms with Crippen LogP contribution in [0.1, 0.15) is 11.1 Å². The fourth-order valence-electron chi connectivity index (χ4n) is 4.01. The quantitative estimate of drug-likeness (QED) is 0.281. The Morgan fingerprint density at radius 3 is 1.18 bits per heavy atom. The molecule has 4 aromatic carbocycles. The van der Waals surface area contributed by atoms with Gasteiger partial charge in [-0.05, 0) is 86.6 Å². The van der Waals surface area contributed by atoms with Crippen molar-refractivity contribution in [2.75, 3.05) is 21.7 Å². The van der Waals surface area contributed by atoms with Crippen molar-refractivity contribution in [3.05, 3.63) is 120 Å². The molecule has 210 valence electrons. The van der Waals surface area contributed by atoms with Crippen LogP contribution in [-0.4, -0.2) is 41.1 Å². The maximum absolute atomic E-state index is 13.7. The first-order chi connectivity index (χ1) is 18.9. The number of rotatable bonds is 10. The summed E-state index contributed by atoms with van der Waals surface area (Å²) in [5, 5.41) is 11.2. The van der Waals surface area contributed by atoms with Crippen LogP contribution in [0.25, 0.3) is 0 Å². The SMILES string of the molecule is Cc1ccc(S(=O)(=O)N(CC(O)CN(c2ccc(F)cc2)S(=O)(=O)c2ccc(C)cc2)c2ccc(F)cc2)cc1. The zero-order valence-corrected chi connectivity index (χ0v) is 23.4. The summed E-state index contributed by atoms with van der Waals surface area (Å²) in [6, 6.07) is 21.5. The molecule has 0 heterocycles. The molecule has 0 saturated carbocycles. The molecule has 0 atom stereocenters. The number of aliphatic hydroxyl groups excluding tert-OH is 1. The Morgan fingerprint density at radius 1 is 0.575 bits per heavy atom. The van der Waals surface area contributed by atoms with Crippen molar-refractivity contribution in [1.82, 2.24) is 0 Å². The fourth-order valence-corrected chi connectivity index (χ4v) is 7.02.